The summed E-state index contributed by atoms with van der Waals surface area (Å²) in [6.45, 7) is 3.83. The molecule has 2 rings (SSSR count). The van der Waals surface area contributed by atoms with E-state index in [0.29, 0.717) is 12.2 Å². The molecular formula is C19H32O2S2. The number of hydrogen-bond acceptors (Lipinski definition) is 4. The predicted octanol–water partition coefficient (Wildman–Crippen LogP) is 4.85. The lowest BCUT2D eigenvalue weighted by atomic mass is 9.81. The van der Waals surface area contributed by atoms with Crippen LogP contribution in [-0.2, 0) is 9.59 Å². The summed E-state index contributed by atoms with van der Waals surface area (Å²) < 4.78 is 0. The summed E-state index contributed by atoms with van der Waals surface area (Å²) in [6, 6.07) is 0. The molecule has 4 atom stereocenters. The van der Waals surface area contributed by atoms with Gasteiger partial charge in [-0.05, 0) is 55.9 Å². The number of ketones is 2. The van der Waals surface area contributed by atoms with Crippen molar-refractivity contribution < 1.29 is 9.59 Å². The van der Waals surface area contributed by atoms with E-state index in [1.165, 1.54) is 37.2 Å². The molecule has 2 aliphatic rings. The minimum Gasteiger partial charge on any atom is -0.300 e. The molecule has 0 bridgehead atoms. The van der Waals surface area contributed by atoms with E-state index in [1.54, 1.807) is 6.92 Å². The molecule has 4 heteroatoms. The molecule has 1 heterocycles. The van der Waals surface area contributed by atoms with Crippen molar-refractivity contribution in [2.24, 2.45) is 23.7 Å². The van der Waals surface area contributed by atoms with Gasteiger partial charge in [-0.15, -0.1) is 0 Å². The Morgan fingerprint density at radius 2 is 1.61 bits per heavy atom. The lowest BCUT2D eigenvalue weighted by molar-refractivity contribution is -0.123. The van der Waals surface area contributed by atoms with Crippen LogP contribution < -0.4 is 0 Å². The Morgan fingerprint density at radius 3 is 2.17 bits per heavy atom. The molecule has 1 saturated heterocycles. The first-order valence-corrected chi connectivity index (χ1v) is 11.6. The van der Waals surface area contributed by atoms with Crippen LogP contribution >= 0.6 is 23.5 Å². The summed E-state index contributed by atoms with van der Waals surface area (Å²) in [4.78, 5) is 24.4. The van der Waals surface area contributed by atoms with Crippen molar-refractivity contribution in [3.8, 4) is 0 Å². The lowest BCUT2D eigenvalue weighted by Crippen LogP contribution is -2.24. The average Bonchev–Trinajstić information content (AvgIpc) is 2.55. The van der Waals surface area contributed by atoms with Crippen molar-refractivity contribution in [3.05, 3.63) is 0 Å². The SMILES string of the molecule is CC[C@H]1CSC[C@H]2CCCC[C@@H]2CSC[C@@H](C(C)=O)CCC1=O. The summed E-state index contributed by atoms with van der Waals surface area (Å²) in [5, 5.41) is 0. The van der Waals surface area contributed by atoms with Crippen LogP contribution in [0.25, 0.3) is 0 Å². The molecule has 0 aromatic carbocycles. The van der Waals surface area contributed by atoms with Gasteiger partial charge in [0.25, 0.3) is 0 Å². The molecule has 0 aromatic rings. The van der Waals surface area contributed by atoms with E-state index in [9.17, 15) is 9.59 Å². The molecule has 1 aliphatic heterocycles. The zero-order valence-corrected chi connectivity index (χ0v) is 16.4. The van der Waals surface area contributed by atoms with Crippen molar-refractivity contribution in [1.82, 2.24) is 0 Å². The van der Waals surface area contributed by atoms with Crippen molar-refractivity contribution in [2.75, 3.05) is 23.0 Å². The number of carbonyl (C=O) groups is 2. The topological polar surface area (TPSA) is 34.1 Å². The number of thioether (sulfide) groups is 2. The third-order valence-corrected chi connectivity index (χ3v) is 8.23. The minimum atomic E-state index is 0.0805. The fraction of sp³-hybridized carbons (Fsp3) is 0.895. The van der Waals surface area contributed by atoms with Gasteiger partial charge >= 0.3 is 0 Å². The molecule has 1 saturated carbocycles. The lowest BCUT2D eigenvalue weighted by Gasteiger charge is -2.31. The summed E-state index contributed by atoms with van der Waals surface area (Å²) in [5.41, 5.74) is 0. The standard InChI is InChI=1S/C19H32O2S2/c1-3-15-10-22-12-17-6-4-5-7-18(17)13-23-11-16(14(2)20)8-9-19(15)21/h15-18H,3-13H2,1-2H3/t15-,16-,17+,18+/m0/s1. The van der Waals surface area contributed by atoms with Gasteiger partial charge in [-0.2, -0.15) is 23.5 Å². The molecule has 23 heavy (non-hydrogen) atoms. The number of Topliss-reactive ketones (excluding diaryl/α,β-unsaturated/α-hetero) is 2. The largest absolute Gasteiger partial charge is 0.300 e. The summed E-state index contributed by atoms with van der Waals surface area (Å²) in [6.07, 6.45) is 7.77. The number of hydrogen-bond donors (Lipinski definition) is 0. The highest BCUT2D eigenvalue weighted by molar-refractivity contribution is 7.99. The molecule has 0 aromatic heterocycles. The van der Waals surface area contributed by atoms with Gasteiger partial charge in [0.2, 0.25) is 0 Å². The maximum atomic E-state index is 12.5. The van der Waals surface area contributed by atoms with E-state index >= 15 is 0 Å². The zero-order chi connectivity index (χ0) is 16.7. The molecule has 0 N–H and O–H groups in total. The van der Waals surface area contributed by atoms with E-state index in [4.69, 9.17) is 0 Å². The summed E-state index contributed by atoms with van der Waals surface area (Å²) >= 11 is 3.97. The Kier molecular flexibility index (Phi) is 8.53. The third kappa shape index (κ3) is 6.12. The first-order chi connectivity index (χ1) is 11.1. The van der Waals surface area contributed by atoms with Crippen molar-refractivity contribution in [2.45, 2.75) is 58.8 Å². The van der Waals surface area contributed by atoms with Crippen LogP contribution in [-0.4, -0.2) is 34.6 Å². The Bertz CT molecular complexity index is 391. The first-order valence-electron chi connectivity index (χ1n) is 9.30. The zero-order valence-electron chi connectivity index (χ0n) is 14.7. The molecule has 2 fully saturated rings. The number of fused-ring (bicyclic) bond motifs is 1. The summed E-state index contributed by atoms with van der Waals surface area (Å²) in [7, 11) is 0. The van der Waals surface area contributed by atoms with E-state index in [2.05, 4.69) is 6.92 Å². The van der Waals surface area contributed by atoms with Crippen LogP contribution in [0.5, 0.6) is 0 Å². The van der Waals surface area contributed by atoms with E-state index in [1.807, 2.05) is 23.5 Å². The predicted molar refractivity (Wildman–Crippen MR) is 102 cm³/mol. The van der Waals surface area contributed by atoms with E-state index in [0.717, 1.165) is 36.2 Å². The fourth-order valence-corrected chi connectivity index (χ4v) is 6.96. The Hall–Kier alpha value is 0.0400. The summed E-state index contributed by atoms with van der Waals surface area (Å²) in [5.74, 6) is 6.91. The normalized spacial score (nSPS) is 34.6. The second-order valence-electron chi connectivity index (χ2n) is 7.30. The number of rotatable bonds is 2. The molecule has 0 radical (unpaired) electrons. The van der Waals surface area contributed by atoms with Crippen LogP contribution in [0.1, 0.15) is 58.8 Å². The van der Waals surface area contributed by atoms with Crippen molar-refractivity contribution in [1.29, 1.82) is 0 Å². The third-order valence-electron chi connectivity index (χ3n) is 5.63. The second-order valence-corrected chi connectivity index (χ2v) is 9.45. The van der Waals surface area contributed by atoms with E-state index < -0.39 is 0 Å². The molecule has 0 amide bonds. The van der Waals surface area contributed by atoms with Crippen molar-refractivity contribution in [3.63, 3.8) is 0 Å². The molecule has 2 nitrogen and oxygen atoms in total. The highest BCUT2D eigenvalue weighted by Crippen LogP contribution is 2.36. The van der Waals surface area contributed by atoms with Crippen LogP contribution in [0.3, 0.4) is 0 Å². The molecule has 0 unspecified atom stereocenters. The maximum absolute atomic E-state index is 12.5. The van der Waals surface area contributed by atoms with Crippen LogP contribution in [0, 0.1) is 23.7 Å². The van der Waals surface area contributed by atoms with Gasteiger partial charge in [0.05, 0.1) is 0 Å². The molecule has 1 aliphatic carbocycles. The average molecular weight is 357 g/mol. The highest BCUT2D eigenvalue weighted by atomic mass is 32.2. The van der Waals surface area contributed by atoms with Gasteiger partial charge in [0.1, 0.15) is 11.6 Å². The van der Waals surface area contributed by atoms with Gasteiger partial charge in [0, 0.05) is 29.8 Å². The Labute approximate surface area is 150 Å². The van der Waals surface area contributed by atoms with Gasteiger partial charge in [0.15, 0.2) is 0 Å². The fourth-order valence-electron chi connectivity index (χ4n) is 3.81. The first kappa shape index (κ1) is 19.4. The van der Waals surface area contributed by atoms with Crippen LogP contribution in [0.15, 0.2) is 0 Å². The monoisotopic (exact) mass is 356 g/mol. The molecule has 0 spiro atoms. The van der Waals surface area contributed by atoms with E-state index in [-0.39, 0.29) is 17.6 Å². The molecular weight excluding hydrogens is 324 g/mol. The second kappa shape index (κ2) is 10.1. The molecule has 132 valence electrons. The highest BCUT2D eigenvalue weighted by Gasteiger charge is 2.27. The number of carbonyl (C=O) groups excluding carboxylic acids is 2. The maximum Gasteiger partial charge on any atom is 0.136 e. The van der Waals surface area contributed by atoms with Gasteiger partial charge < -0.3 is 0 Å². The quantitative estimate of drug-likeness (QED) is 0.708. The Morgan fingerprint density at radius 1 is 1.00 bits per heavy atom. The van der Waals surface area contributed by atoms with Gasteiger partial charge in [-0.1, -0.05) is 19.8 Å². The van der Waals surface area contributed by atoms with Crippen LogP contribution in [0.2, 0.25) is 0 Å². The minimum absolute atomic E-state index is 0.0805. The van der Waals surface area contributed by atoms with Crippen molar-refractivity contribution >= 4 is 35.1 Å². The smallest absolute Gasteiger partial charge is 0.136 e. The van der Waals surface area contributed by atoms with Crippen LogP contribution in [0.4, 0.5) is 0 Å². The van der Waals surface area contributed by atoms with Gasteiger partial charge in [-0.25, -0.2) is 0 Å². The Balaban J connectivity index is 2.03. The van der Waals surface area contributed by atoms with Gasteiger partial charge in [-0.3, -0.25) is 9.59 Å².